The van der Waals surface area contributed by atoms with E-state index in [1.54, 1.807) is 59.7 Å². The number of hydrogen-bond acceptors (Lipinski definition) is 7. The van der Waals surface area contributed by atoms with Crippen LogP contribution < -0.4 is 0 Å². The number of hydrogen-bond donors (Lipinski definition) is 1. The molecule has 7 heteroatoms. The zero-order valence-electron chi connectivity index (χ0n) is 18.2. The summed E-state index contributed by atoms with van der Waals surface area (Å²) in [5.74, 6) is -5.33. The van der Waals surface area contributed by atoms with Gasteiger partial charge in [0.15, 0.2) is 5.78 Å². The van der Waals surface area contributed by atoms with E-state index in [4.69, 9.17) is 9.47 Å². The lowest BCUT2D eigenvalue weighted by Gasteiger charge is -2.44. The van der Waals surface area contributed by atoms with Crippen molar-refractivity contribution in [3.05, 3.63) is 30.1 Å². The van der Waals surface area contributed by atoms with Crippen LogP contribution in [-0.4, -0.2) is 44.6 Å². The molecule has 4 atom stereocenters. The van der Waals surface area contributed by atoms with Gasteiger partial charge >= 0.3 is 11.9 Å². The first-order chi connectivity index (χ1) is 13.1. The van der Waals surface area contributed by atoms with E-state index in [2.05, 4.69) is 4.98 Å². The van der Waals surface area contributed by atoms with Gasteiger partial charge in [0.05, 0.1) is 11.5 Å². The summed E-state index contributed by atoms with van der Waals surface area (Å²) in [5.41, 5.74) is -2.95. The average Bonchev–Trinajstić information content (AvgIpc) is 2.50. The number of ether oxygens (including phenoxy) is 2. The van der Waals surface area contributed by atoms with E-state index in [0.29, 0.717) is 5.69 Å². The van der Waals surface area contributed by atoms with Crippen molar-refractivity contribution in [1.29, 1.82) is 0 Å². The molecule has 0 radical (unpaired) electrons. The van der Waals surface area contributed by atoms with Crippen molar-refractivity contribution in [1.82, 2.24) is 4.98 Å². The van der Waals surface area contributed by atoms with Crippen molar-refractivity contribution >= 4 is 17.7 Å². The molecule has 1 saturated carbocycles. The Labute approximate surface area is 171 Å². The molecule has 2 rings (SSSR count). The number of rotatable bonds is 3. The summed E-state index contributed by atoms with van der Waals surface area (Å²) in [6.45, 7) is 11.7. The van der Waals surface area contributed by atoms with Gasteiger partial charge in [-0.2, -0.15) is 0 Å². The largest absolute Gasteiger partial charge is 0.460 e. The minimum Gasteiger partial charge on any atom is -0.460 e. The number of Topliss-reactive ketones (excluding diaryl/α,β-unsaturated/α-hetero) is 1. The Balaban J connectivity index is 2.59. The number of carbonyl (C=O) groups is 3. The molecule has 1 fully saturated rings. The van der Waals surface area contributed by atoms with E-state index in [9.17, 15) is 19.5 Å². The lowest BCUT2D eigenvalue weighted by atomic mass is 9.62. The number of aliphatic hydroxyl groups is 1. The molecule has 160 valence electrons. The molecule has 0 aromatic carbocycles. The number of aromatic nitrogens is 1. The highest BCUT2D eigenvalue weighted by atomic mass is 16.6. The summed E-state index contributed by atoms with van der Waals surface area (Å²) in [5, 5.41) is 11.0. The molecular weight excluding hydrogens is 374 g/mol. The quantitative estimate of drug-likeness (QED) is 0.609. The third-order valence-corrected chi connectivity index (χ3v) is 4.62. The Morgan fingerprint density at radius 2 is 1.62 bits per heavy atom. The van der Waals surface area contributed by atoms with Gasteiger partial charge in [0, 0.05) is 24.2 Å². The predicted octanol–water partition coefficient (Wildman–Crippen LogP) is 2.80. The number of esters is 2. The normalized spacial score (nSPS) is 28.0. The first-order valence-electron chi connectivity index (χ1n) is 9.74. The van der Waals surface area contributed by atoms with Gasteiger partial charge in [0.1, 0.15) is 17.1 Å². The second-order valence-electron chi connectivity index (χ2n) is 9.80. The zero-order valence-corrected chi connectivity index (χ0v) is 18.2. The Hall–Kier alpha value is -2.28. The standard InChI is InChI=1S/C22H31NO6/c1-20(2,3)28-18(25)16-14(24)12-22(7,27)17(19(26)29-21(4,5)6)15(16)13-10-8-9-11-23-13/h8-11,15-17,27H,12H2,1-7H3/t15-,16-,17-,22+/m1/s1. The predicted molar refractivity (Wildman–Crippen MR) is 106 cm³/mol. The van der Waals surface area contributed by atoms with Crippen LogP contribution in [0.3, 0.4) is 0 Å². The fourth-order valence-corrected chi connectivity index (χ4v) is 3.68. The van der Waals surface area contributed by atoms with Gasteiger partial charge in [-0.05, 0) is 60.6 Å². The molecule has 1 heterocycles. The number of ketones is 1. The van der Waals surface area contributed by atoms with Crippen LogP contribution in [-0.2, 0) is 23.9 Å². The molecule has 29 heavy (non-hydrogen) atoms. The van der Waals surface area contributed by atoms with E-state index in [-0.39, 0.29) is 6.42 Å². The average molecular weight is 405 g/mol. The van der Waals surface area contributed by atoms with Gasteiger partial charge in [0.25, 0.3) is 0 Å². The molecule has 0 amide bonds. The fourth-order valence-electron chi connectivity index (χ4n) is 3.68. The highest BCUT2D eigenvalue weighted by Gasteiger charge is 2.58. The number of nitrogens with zero attached hydrogens (tertiary/aromatic N) is 1. The first-order valence-corrected chi connectivity index (χ1v) is 9.74. The first kappa shape index (κ1) is 23.0. The maximum atomic E-state index is 13.1. The number of pyridine rings is 1. The van der Waals surface area contributed by atoms with E-state index in [1.165, 1.54) is 13.1 Å². The van der Waals surface area contributed by atoms with E-state index in [0.717, 1.165) is 0 Å². The maximum absolute atomic E-state index is 13.1. The fraction of sp³-hybridized carbons (Fsp3) is 0.636. The Kier molecular flexibility index (Phi) is 6.23. The van der Waals surface area contributed by atoms with Gasteiger partial charge < -0.3 is 14.6 Å². The van der Waals surface area contributed by atoms with Gasteiger partial charge in [-0.25, -0.2) is 0 Å². The molecule has 0 unspecified atom stereocenters. The monoisotopic (exact) mass is 405 g/mol. The summed E-state index contributed by atoms with van der Waals surface area (Å²) in [4.78, 5) is 43.3. The third-order valence-electron chi connectivity index (χ3n) is 4.62. The van der Waals surface area contributed by atoms with Crippen LogP contribution in [0.5, 0.6) is 0 Å². The molecule has 0 saturated heterocycles. The number of carbonyl (C=O) groups excluding carboxylic acids is 3. The molecule has 1 aromatic heterocycles. The smallest absolute Gasteiger partial charge is 0.317 e. The minimum atomic E-state index is -1.69. The van der Waals surface area contributed by atoms with Gasteiger partial charge in [-0.1, -0.05) is 6.07 Å². The van der Waals surface area contributed by atoms with Crippen LogP contribution in [0.4, 0.5) is 0 Å². The van der Waals surface area contributed by atoms with Crippen molar-refractivity contribution in [2.75, 3.05) is 0 Å². The SMILES string of the molecule is CC(C)(C)OC(=O)[C@@H]1C(=O)C[C@](C)(O)[C@@H](C(=O)OC(C)(C)C)[C@@H]1c1ccccn1. The summed E-state index contributed by atoms with van der Waals surface area (Å²) in [6, 6.07) is 5.03. The van der Waals surface area contributed by atoms with Crippen LogP contribution in [0, 0.1) is 11.8 Å². The van der Waals surface area contributed by atoms with E-state index in [1.807, 2.05) is 0 Å². The molecule has 1 N–H and O–H groups in total. The summed E-state index contributed by atoms with van der Waals surface area (Å²) >= 11 is 0. The molecule has 1 aromatic rings. The van der Waals surface area contributed by atoms with Gasteiger partial charge in [-0.3, -0.25) is 19.4 Å². The molecular formula is C22H31NO6. The second kappa shape index (κ2) is 7.86. The summed E-state index contributed by atoms with van der Waals surface area (Å²) < 4.78 is 11.0. The van der Waals surface area contributed by atoms with Crippen LogP contribution in [0.25, 0.3) is 0 Å². The topological polar surface area (TPSA) is 103 Å². The highest BCUT2D eigenvalue weighted by molar-refractivity contribution is 6.02. The van der Waals surface area contributed by atoms with Gasteiger partial charge in [-0.15, -0.1) is 0 Å². The van der Waals surface area contributed by atoms with Crippen molar-refractivity contribution in [3.8, 4) is 0 Å². The maximum Gasteiger partial charge on any atom is 0.317 e. The molecule has 0 spiro atoms. The third kappa shape index (κ3) is 5.63. The van der Waals surface area contributed by atoms with Crippen LogP contribution in [0.1, 0.15) is 66.5 Å². The lowest BCUT2D eigenvalue weighted by Crippen LogP contribution is -2.56. The summed E-state index contributed by atoms with van der Waals surface area (Å²) in [6.07, 6.45) is 1.16. The molecule has 1 aliphatic carbocycles. The van der Waals surface area contributed by atoms with Crippen LogP contribution >= 0.6 is 0 Å². The van der Waals surface area contributed by atoms with Crippen molar-refractivity contribution in [3.63, 3.8) is 0 Å². The Bertz CT molecular complexity index is 773. The second-order valence-corrected chi connectivity index (χ2v) is 9.80. The Morgan fingerprint density at radius 3 is 2.10 bits per heavy atom. The van der Waals surface area contributed by atoms with Gasteiger partial charge in [0.2, 0.25) is 0 Å². The van der Waals surface area contributed by atoms with Crippen LogP contribution in [0.15, 0.2) is 24.4 Å². The van der Waals surface area contributed by atoms with E-state index < -0.39 is 52.3 Å². The molecule has 1 aliphatic rings. The molecule has 7 nitrogen and oxygen atoms in total. The van der Waals surface area contributed by atoms with Crippen molar-refractivity contribution in [2.45, 2.75) is 77.6 Å². The highest BCUT2D eigenvalue weighted by Crippen LogP contribution is 2.46. The van der Waals surface area contributed by atoms with E-state index >= 15 is 0 Å². The minimum absolute atomic E-state index is 0.354. The van der Waals surface area contributed by atoms with Crippen molar-refractivity contribution < 1.29 is 29.0 Å². The van der Waals surface area contributed by atoms with Crippen molar-refractivity contribution in [2.24, 2.45) is 11.8 Å². The Morgan fingerprint density at radius 1 is 1.07 bits per heavy atom. The molecule has 0 bridgehead atoms. The zero-order chi connectivity index (χ0) is 22.2. The molecule has 0 aliphatic heterocycles. The van der Waals surface area contributed by atoms with Crippen LogP contribution in [0.2, 0.25) is 0 Å². The summed E-state index contributed by atoms with van der Waals surface area (Å²) in [7, 11) is 0. The lowest BCUT2D eigenvalue weighted by molar-refractivity contribution is -0.182.